The second kappa shape index (κ2) is 10.2. The van der Waals surface area contributed by atoms with E-state index in [4.69, 9.17) is 14.2 Å². The maximum Gasteiger partial charge on any atom is 0.302 e. The molecular formula is C24H30O9. The van der Waals surface area contributed by atoms with Crippen LogP contribution < -0.4 is 4.74 Å². The van der Waals surface area contributed by atoms with E-state index >= 15 is 0 Å². The molecule has 0 unspecified atom stereocenters. The van der Waals surface area contributed by atoms with Crippen LogP contribution in [0.25, 0.3) is 0 Å². The molecule has 6 atom stereocenters. The lowest BCUT2D eigenvalue weighted by molar-refractivity contribution is -0.364. The number of carbonyl (C=O) groups excluding carboxylic acids is 1. The van der Waals surface area contributed by atoms with Gasteiger partial charge in [-0.25, -0.2) is 0 Å². The van der Waals surface area contributed by atoms with E-state index in [0.29, 0.717) is 23.3 Å². The van der Waals surface area contributed by atoms with Gasteiger partial charge in [-0.3, -0.25) is 4.79 Å². The minimum Gasteiger partial charge on any atom is -0.497 e. The molecule has 0 spiro atoms. The Balaban J connectivity index is 2.06. The predicted molar refractivity (Wildman–Crippen MR) is 116 cm³/mol. The Morgan fingerprint density at radius 1 is 1.09 bits per heavy atom. The van der Waals surface area contributed by atoms with Gasteiger partial charge in [-0.1, -0.05) is 24.3 Å². The molecule has 0 radical (unpaired) electrons. The summed E-state index contributed by atoms with van der Waals surface area (Å²) in [6.07, 6.45) is -7.60. The van der Waals surface area contributed by atoms with E-state index in [-0.39, 0.29) is 12.2 Å². The highest BCUT2D eigenvalue weighted by Gasteiger charge is 2.55. The highest BCUT2D eigenvalue weighted by molar-refractivity contribution is 5.65. The standard InChI is InChI=1S/C24H30O9/c1-13(25)22-20(27)21(28)23(29)24(30,33-22)19-11-16(12-32-14(2)26)4-7-17(19)10-15-5-8-18(31-3)9-6-15/h4-9,11,13,20-23,25,27-30H,10,12H2,1-3H3/t13-,20-,21-,22+,23+,24+/m0/s1. The summed E-state index contributed by atoms with van der Waals surface area (Å²) >= 11 is 0. The molecule has 0 aliphatic carbocycles. The van der Waals surface area contributed by atoms with Crippen molar-refractivity contribution in [3.63, 3.8) is 0 Å². The lowest BCUT2D eigenvalue weighted by atomic mass is 9.83. The molecule has 0 aromatic heterocycles. The third-order valence-corrected chi connectivity index (χ3v) is 5.76. The fourth-order valence-corrected chi connectivity index (χ4v) is 3.92. The fourth-order valence-electron chi connectivity index (χ4n) is 3.92. The molecule has 1 heterocycles. The number of methoxy groups -OCH3 is 1. The number of esters is 1. The average Bonchev–Trinajstić information content (AvgIpc) is 2.79. The van der Waals surface area contributed by atoms with Crippen molar-refractivity contribution < 1.29 is 44.5 Å². The van der Waals surface area contributed by atoms with Crippen LogP contribution in [-0.4, -0.2) is 69.1 Å². The molecule has 1 aliphatic heterocycles. The van der Waals surface area contributed by atoms with Crippen molar-refractivity contribution in [2.75, 3.05) is 7.11 Å². The van der Waals surface area contributed by atoms with Crippen LogP contribution in [0.1, 0.15) is 36.1 Å². The molecule has 2 aromatic rings. The number of benzene rings is 2. The van der Waals surface area contributed by atoms with E-state index < -0.39 is 42.3 Å². The minimum absolute atomic E-state index is 0.0810. The van der Waals surface area contributed by atoms with Gasteiger partial charge in [0.05, 0.1) is 13.2 Å². The van der Waals surface area contributed by atoms with Gasteiger partial charge in [0.2, 0.25) is 5.79 Å². The summed E-state index contributed by atoms with van der Waals surface area (Å²) in [5.74, 6) is -2.26. The summed E-state index contributed by atoms with van der Waals surface area (Å²) in [5.41, 5.74) is 2.05. The molecule has 0 amide bonds. The summed E-state index contributed by atoms with van der Waals surface area (Å²) < 4.78 is 15.9. The van der Waals surface area contributed by atoms with Gasteiger partial charge in [-0.2, -0.15) is 0 Å². The summed E-state index contributed by atoms with van der Waals surface area (Å²) in [4.78, 5) is 11.2. The van der Waals surface area contributed by atoms with Crippen LogP contribution in [0.3, 0.4) is 0 Å². The van der Waals surface area contributed by atoms with Crippen LogP contribution in [-0.2, 0) is 33.1 Å². The molecule has 0 saturated carbocycles. The van der Waals surface area contributed by atoms with E-state index in [2.05, 4.69) is 0 Å². The SMILES string of the molecule is COc1ccc(Cc2ccc(COC(C)=O)cc2[C@@]2(O)O[C@H]([C@H](C)O)[C@@H](O)[C@H](O)[C@H]2O)cc1. The van der Waals surface area contributed by atoms with Gasteiger partial charge < -0.3 is 39.7 Å². The van der Waals surface area contributed by atoms with Crippen LogP contribution in [0.15, 0.2) is 42.5 Å². The van der Waals surface area contributed by atoms with Crippen LogP contribution in [0.5, 0.6) is 5.75 Å². The number of rotatable bonds is 7. The van der Waals surface area contributed by atoms with Crippen molar-refractivity contribution in [1.29, 1.82) is 0 Å². The molecule has 0 bridgehead atoms. The van der Waals surface area contributed by atoms with E-state index in [9.17, 15) is 30.3 Å². The summed E-state index contributed by atoms with van der Waals surface area (Å²) in [6, 6.07) is 12.2. The van der Waals surface area contributed by atoms with Crippen molar-refractivity contribution in [3.8, 4) is 5.75 Å². The van der Waals surface area contributed by atoms with Gasteiger partial charge in [0.25, 0.3) is 0 Å². The topological polar surface area (TPSA) is 146 Å². The Labute approximate surface area is 191 Å². The maximum absolute atomic E-state index is 11.5. The molecule has 9 heteroatoms. The maximum atomic E-state index is 11.5. The highest BCUT2D eigenvalue weighted by atomic mass is 16.7. The van der Waals surface area contributed by atoms with Gasteiger partial charge in [0, 0.05) is 12.5 Å². The molecule has 2 aromatic carbocycles. The van der Waals surface area contributed by atoms with Crippen LogP contribution in [0.4, 0.5) is 0 Å². The van der Waals surface area contributed by atoms with E-state index in [0.717, 1.165) is 5.56 Å². The Morgan fingerprint density at radius 2 is 1.73 bits per heavy atom. The van der Waals surface area contributed by atoms with Gasteiger partial charge >= 0.3 is 5.97 Å². The number of hydrogen-bond acceptors (Lipinski definition) is 9. The number of carbonyl (C=O) groups is 1. The number of aliphatic hydroxyl groups is 5. The van der Waals surface area contributed by atoms with Crippen molar-refractivity contribution in [3.05, 3.63) is 64.7 Å². The molecule has 1 fully saturated rings. The Hall–Kier alpha value is -2.53. The van der Waals surface area contributed by atoms with Crippen LogP contribution >= 0.6 is 0 Å². The van der Waals surface area contributed by atoms with Gasteiger partial charge in [0.15, 0.2) is 0 Å². The normalized spacial score (nSPS) is 28.2. The molecule has 5 N–H and O–H groups in total. The molecular weight excluding hydrogens is 432 g/mol. The third-order valence-electron chi connectivity index (χ3n) is 5.76. The zero-order chi connectivity index (χ0) is 24.3. The van der Waals surface area contributed by atoms with E-state index in [1.54, 1.807) is 31.4 Å². The molecule has 9 nitrogen and oxygen atoms in total. The van der Waals surface area contributed by atoms with E-state index in [1.807, 2.05) is 12.1 Å². The first-order valence-corrected chi connectivity index (χ1v) is 10.6. The van der Waals surface area contributed by atoms with Crippen molar-refractivity contribution in [2.24, 2.45) is 0 Å². The molecule has 1 aliphatic rings. The van der Waals surface area contributed by atoms with Crippen LogP contribution in [0.2, 0.25) is 0 Å². The monoisotopic (exact) mass is 462 g/mol. The summed E-state index contributed by atoms with van der Waals surface area (Å²) in [7, 11) is 1.56. The zero-order valence-corrected chi connectivity index (χ0v) is 18.7. The lowest BCUT2D eigenvalue weighted by Gasteiger charge is -2.47. The molecule has 33 heavy (non-hydrogen) atoms. The summed E-state index contributed by atoms with van der Waals surface area (Å²) in [5, 5.41) is 52.9. The average molecular weight is 462 g/mol. The van der Waals surface area contributed by atoms with Crippen molar-refractivity contribution in [2.45, 2.75) is 63.2 Å². The Kier molecular flexibility index (Phi) is 7.73. The quantitative estimate of drug-likeness (QED) is 0.368. The second-order valence-corrected chi connectivity index (χ2v) is 8.24. The summed E-state index contributed by atoms with van der Waals surface area (Å²) in [6.45, 7) is 2.53. The first kappa shape index (κ1) is 25.1. The van der Waals surface area contributed by atoms with Crippen LogP contribution in [0, 0.1) is 0 Å². The van der Waals surface area contributed by atoms with Gasteiger partial charge in [0.1, 0.15) is 36.8 Å². The van der Waals surface area contributed by atoms with E-state index in [1.165, 1.54) is 19.9 Å². The van der Waals surface area contributed by atoms with Gasteiger partial charge in [-0.05, 0) is 48.2 Å². The smallest absolute Gasteiger partial charge is 0.302 e. The van der Waals surface area contributed by atoms with Gasteiger partial charge in [-0.15, -0.1) is 0 Å². The predicted octanol–water partition coefficient (Wildman–Crippen LogP) is 0.356. The minimum atomic E-state index is -2.45. The van der Waals surface area contributed by atoms with Crippen molar-refractivity contribution >= 4 is 5.97 Å². The first-order valence-electron chi connectivity index (χ1n) is 10.6. The lowest BCUT2D eigenvalue weighted by Crippen LogP contribution is -2.65. The van der Waals surface area contributed by atoms with Crippen molar-refractivity contribution in [1.82, 2.24) is 0 Å². The first-order chi connectivity index (χ1) is 15.6. The molecule has 180 valence electrons. The number of ether oxygens (including phenoxy) is 3. The Morgan fingerprint density at radius 3 is 2.30 bits per heavy atom. The third kappa shape index (κ3) is 5.35. The number of aliphatic hydroxyl groups excluding tert-OH is 4. The Bertz CT molecular complexity index is 959. The molecule has 1 saturated heterocycles. The zero-order valence-electron chi connectivity index (χ0n) is 18.7. The fraction of sp³-hybridized carbons (Fsp3) is 0.458. The second-order valence-electron chi connectivity index (χ2n) is 8.24. The highest BCUT2D eigenvalue weighted by Crippen LogP contribution is 2.40. The number of hydrogen-bond donors (Lipinski definition) is 5. The molecule has 3 rings (SSSR count). The largest absolute Gasteiger partial charge is 0.497 e.